The molecular formula is C19H16ClNO4. The van der Waals surface area contributed by atoms with Crippen molar-refractivity contribution in [3.63, 3.8) is 0 Å². The topological polar surface area (TPSA) is 65.0 Å². The lowest BCUT2D eigenvalue weighted by molar-refractivity contribution is -0.144. The minimum atomic E-state index is -1.15. The fourth-order valence-corrected chi connectivity index (χ4v) is 2.97. The molecule has 5 nitrogen and oxygen atoms in total. The van der Waals surface area contributed by atoms with E-state index < -0.39 is 11.9 Å². The van der Waals surface area contributed by atoms with Crippen LogP contribution in [-0.2, 0) is 9.53 Å². The summed E-state index contributed by atoms with van der Waals surface area (Å²) in [6.45, 7) is 1.86. The Kier molecular flexibility index (Phi) is 4.86. The molecule has 128 valence electrons. The van der Waals surface area contributed by atoms with Crippen LogP contribution in [0.3, 0.4) is 0 Å². The minimum Gasteiger partial charge on any atom is -0.497 e. The second kappa shape index (κ2) is 7.07. The van der Waals surface area contributed by atoms with Gasteiger partial charge in [0.05, 0.1) is 25.1 Å². The summed E-state index contributed by atoms with van der Waals surface area (Å²) in [6.07, 6.45) is 0. The normalized spacial score (nSPS) is 16.0. The Morgan fingerprint density at radius 3 is 2.64 bits per heavy atom. The van der Waals surface area contributed by atoms with Crippen LogP contribution in [0.15, 0.2) is 47.5 Å². The quantitative estimate of drug-likeness (QED) is 0.616. The molecule has 25 heavy (non-hydrogen) atoms. The molecule has 0 N–H and O–H groups in total. The number of esters is 1. The Labute approximate surface area is 150 Å². The Balaban J connectivity index is 2.20. The van der Waals surface area contributed by atoms with Crippen LogP contribution in [0.5, 0.6) is 5.75 Å². The molecule has 0 fully saturated rings. The van der Waals surface area contributed by atoms with Gasteiger partial charge in [0.15, 0.2) is 11.7 Å². The first-order valence-electron chi connectivity index (χ1n) is 7.79. The van der Waals surface area contributed by atoms with E-state index in [1.807, 2.05) is 0 Å². The monoisotopic (exact) mass is 357 g/mol. The Morgan fingerprint density at radius 2 is 1.96 bits per heavy atom. The van der Waals surface area contributed by atoms with Gasteiger partial charge in [-0.1, -0.05) is 29.8 Å². The van der Waals surface area contributed by atoms with Crippen molar-refractivity contribution in [3.05, 3.63) is 58.6 Å². The first kappa shape index (κ1) is 17.2. The van der Waals surface area contributed by atoms with Crippen molar-refractivity contribution in [2.75, 3.05) is 13.7 Å². The van der Waals surface area contributed by atoms with E-state index in [4.69, 9.17) is 21.1 Å². The van der Waals surface area contributed by atoms with Gasteiger partial charge in [0.25, 0.3) is 0 Å². The third-order valence-corrected chi connectivity index (χ3v) is 4.25. The number of ketones is 1. The van der Waals surface area contributed by atoms with Crippen LogP contribution in [0.25, 0.3) is 0 Å². The van der Waals surface area contributed by atoms with Crippen LogP contribution >= 0.6 is 11.6 Å². The van der Waals surface area contributed by atoms with Crippen LogP contribution in [0.2, 0.25) is 5.02 Å². The van der Waals surface area contributed by atoms with Crippen molar-refractivity contribution in [1.29, 1.82) is 0 Å². The number of halogens is 1. The summed E-state index contributed by atoms with van der Waals surface area (Å²) in [5.41, 5.74) is 1.64. The number of hydrogen-bond acceptors (Lipinski definition) is 5. The van der Waals surface area contributed by atoms with Gasteiger partial charge in [0.1, 0.15) is 5.75 Å². The minimum absolute atomic E-state index is 0.170. The molecule has 0 amide bonds. The zero-order valence-corrected chi connectivity index (χ0v) is 14.5. The zero-order chi connectivity index (χ0) is 18.0. The standard InChI is InChI=1S/C19H16ClNO4/c1-3-25-19(23)16-17(12-6-4-5-7-14(12)20)21-15-9-8-11(24-2)10-13(15)18(16)22/h4-10,16H,3H2,1-2H3. The summed E-state index contributed by atoms with van der Waals surface area (Å²) in [4.78, 5) is 30.0. The van der Waals surface area contributed by atoms with Crippen LogP contribution in [0.1, 0.15) is 22.8 Å². The molecule has 0 saturated heterocycles. The highest BCUT2D eigenvalue weighted by atomic mass is 35.5. The molecule has 1 unspecified atom stereocenters. The SMILES string of the molecule is CCOC(=O)C1C(=O)c2cc(OC)ccc2N=C1c1ccccc1Cl. The highest BCUT2D eigenvalue weighted by Crippen LogP contribution is 2.35. The summed E-state index contributed by atoms with van der Waals surface area (Å²) in [6, 6.07) is 11.9. The van der Waals surface area contributed by atoms with E-state index in [0.717, 1.165) is 0 Å². The van der Waals surface area contributed by atoms with Gasteiger partial charge in [-0.2, -0.15) is 0 Å². The molecule has 0 radical (unpaired) electrons. The first-order chi connectivity index (χ1) is 12.1. The van der Waals surface area contributed by atoms with Crippen molar-refractivity contribution in [3.8, 4) is 5.75 Å². The lowest BCUT2D eigenvalue weighted by Gasteiger charge is -2.23. The second-order valence-electron chi connectivity index (χ2n) is 5.41. The molecule has 0 aliphatic carbocycles. The average Bonchev–Trinajstić information content (AvgIpc) is 2.62. The van der Waals surface area contributed by atoms with E-state index in [9.17, 15) is 9.59 Å². The summed E-state index contributed by atoms with van der Waals surface area (Å²) in [5.74, 6) is -1.65. The number of ether oxygens (including phenoxy) is 2. The van der Waals surface area contributed by atoms with Gasteiger partial charge in [0, 0.05) is 16.1 Å². The molecule has 0 spiro atoms. The van der Waals surface area contributed by atoms with E-state index in [0.29, 0.717) is 33.3 Å². The highest BCUT2D eigenvalue weighted by Gasteiger charge is 2.39. The van der Waals surface area contributed by atoms with E-state index >= 15 is 0 Å². The van der Waals surface area contributed by atoms with Crippen LogP contribution in [0, 0.1) is 5.92 Å². The molecular weight excluding hydrogens is 342 g/mol. The predicted octanol–water partition coefficient (Wildman–Crippen LogP) is 3.85. The van der Waals surface area contributed by atoms with Crippen molar-refractivity contribution in [1.82, 2.24) is 0 Å². The van der Waals surface area contributed by atoms with Crippen molar-refractivity contribution in [2.24, 2.45) is 10.9 Å². The number of carbonyl (C=O) groups is 2. The summed E-state index contributed by atoms with van der Waals surface area (Å²) < 4.78 is 10.3. The molecule has 3 rings (SSSR count). The number of benzene rings is 2. The van der Waals surface area contributed by atoms with Gasteiger partial charge in [-0.25, -0.2) is 0 Å². The summed E-state index contributed by atoms with van der Waals surface area (Å²) in [7, 11) is 1.51. The van der Waals surface area contributed by atoms with Gasteiger partial charge in [-0.15, -0.1) is 0 Å². The maximum Gasteiger partial charge on any atom is 0.323 e. The zero-order valence-electron chi connectivity index (χ0n) is 13.8. The molecule has 1 heterocycles. The van der Waals surface area contributed by atoms with Crippen molar-refractivity contribution in [2.45, 2.75) is 6.92 Å². The second-order valence-corrected chi connectivity index (χ2v) is 5.82. The third-order valence-electron chi connectivity index (χ3n) is 3.92. The van der Waals surface area contributed by atoms with E-state index in [-0.39, 0.29) is 12.4 Å². The van der Waals surface area contributed by atoms with Crippen molar-refractivity contribution >= 4 is 34.8 Å². The summed E-state index contributed by atoms with van der Waals surface area (Å²) in [5, 5.41) is 0.417. The highest BCUT2D eigenvalue weighted by molar-refractivity contribution is 6.38. The fraction of sp³-hybridized carbons (Fsp3) is 0.211. The molecule has 0 aromatic heterocycles. The number of rotatable bonds is 4. The predicted molar refractivity (Wildman–Crippen MR) is 95.1 cm³/mol. The molecule has 2 aromatic carbocycles. The molecule has 6 heteroatoms. The number of Topliss-reactive ketones (excluding diaryl/α,β-unsaturated/α-hetero) is 1. The molecule has 2 aromatic rings. The largest absolute Gasteiger partial charge is 0.497 e. The number of carbonyl (C=O) groups excluding carboxylic acids is 2. The van der Waals surface area contributed by atoms with Gasteiger partial charge in [-0.05, 0) is 31.2 Å². The number of aliphatic imine (C=N–C) groups is 1. The molecule has 1 aliphatic heterocycles. The summed E-state index contributed by atoms with van der Waals surface area (Å²) >= 11 is 6.26. The maximum atomic E-state index is 13.0. The smallest absolute Gasteiger partial charge is 0.323 e. The van der Waals surface area contributed by atoms with E-state index in [1.165, 1.54) is 7.11 Å². The van der Waals surface area contributed by atoms with Gasteiger partial charge in [0.2, 0.25) is 0 Å². The van der Waals surface area contributed by atoms with Gasteiger partial charge < -0.3 is 9.47 Å². The lowest BCUT2D eigenvalue weighted by atomic mass is 9.85. The molecule has 0 saturated carbocycles. The van der Waals surface area contributed by atoms with Crippen LogP contribution in [0.4, 0.5) is 5.69 Å². The van der Waals surface area contributed by atoms with E-state index in [1.54, 1.807) is 49.4 Å². The Hall–Kier alpha value is -2.66. The van der Waals surface area contributed by atoms with Crippen LogP contribution < -0.4 is 4.74 Å². The number of methoxy groups -OCH3 is 1. The molecule has 1 atom stereocenters. The van der Waals surface area contributed by atoms with Crippen LogP contribution in [-0.4, -0.2) is 31.2 Å². The fourth-order valence-electron chi connectivity index (χ4n) is 2.74. The van der Waals surface area contributed by atoms with Gasteiger partial charge >= 0.3 is 5.97 Å². The number of nitrogens with zero attached hydrogens (tertiary/aromatic N) is 1. The van der Waals surface area contributed by atoms with E-state index in [2.05, 4.69) is 4.99 Å². The molecule has 1 aliphatic rings. The number of fused-ring (bicyclic) bond motifs is 1. The lowest BCUT2D eigenvalue weighted by Crippen LogP contribution is -2.36. The average molecular weight is 358 g/mol. The maximum absolute atomic E-state index is 13.0. The van der Waals surface area contributed by atoms with Crippen molar-refractivity contribution < 1.29 is 19.1 Å². The van der Waals surface area contributed by atoms with Gasteiger partial charge in [-0.3, -0.25) is 14.6 Å². The molecule has 0 bridgehead atoms. The Bertz CT molecular complexity index is 875. The Morgan fingerprint density at radius 1 is 1.20 bits per heavy atom. The third kappa shape index (κ3) is 3.15. The number of hydrogen-bond donors (Lipinski definition) is 0. The first-order valence-corrected chi connectivity index (χ1v) is 8.17.